The molecule has 0 bridgehead atoms. The number of halogens is 2. The Morgan fingerprint density at radius 2 is 1.83 bits per heavy atom. The number of rotatable bonds is 3. The third-order valence-corrected chi connectivity index (χ3v) is 4.83. The van der Waals surface area contributed by atoms with Crippen LogP contribution in [-0.4, -0.2) is 19.1 Å². The first-order valence-corrected chi connectivity index (χ1v) is 8.78. The average Bonchev–Trinajstić information content (AvgIpc) is 2.57. The molecule has 2 aromatic carbocycles. The van der Waals surface area contributed by atoms with E-state index in [0.29, 0.717) is 19.0 Å². The molecule has 0 saturated heterocycles. The fourth-order valence-corrected chi connectivity index (χ4v) is 3.02. The zero-order valence-electron chi connectivity index (χ0n) is 12.4. The molecule has 2 aromatic rings. The molecule has 0 saturated carbocycles. The van der Waals surface area contributed by atoms with Gasteiger partial charge in [0, 0.05) is 8.95 Å². The smallest absolute Gasteiger partial charge is 0.231 e. The highest BCUT2D eigenvalue weighted by Gasteiger charge is 2.20. The lowest BCUT2D eigenvalue weighted by Crippen LogP contribution is -2.20. The zero-order chi connectivity index (χ0) is 16.4. The Hall–Kier alpha value is -1.53. The maximum Gasteiger partial charge on any atom is 0.231 e. The van der Waals surface area contributed by atoms with Crippen LogP contribution in [-0.2, 0) is 4.79 Å². The van der Waals surface area contributed by atoms with Gasteiger partial charge < -0.3 is 14.8 Å². The fraction of sp³-hybridized carbons (Fsp3) is 0.235. The second kappa shape index (κ2) is 6.93. The van der Waals surface area contributed by atoms with Gasteiger partial charge in [0.25, 0.3) is 0 Å². The van der Waals surface area contributed by atoms with Gasteiger partial charge in [0.2, 0.25) is 5.91 Å². The van der Waals surface area contributed by atoms with E-state index in [1.165, 1.54) is 0 Å². The van der Waals surface area contributed by atoms with Crippen LogP contribution in [0, 0.1) is 0 Å². The van der Waals surface area contributed by atoms with Crippen molar-refractivity contribution in [2.45, 2.75) is 12.8 Å². The second-order valence-electron chi connectivity index (χ2n) is 5.24. The first-order valence-electron chi connectivity index (χ1n) is 7.20. The molecule has 23 heavy (non-hydrogen) atoms. The summed E-state index contributed by atoms with van der Waals surface area (Å²) in [5.41, 5.74) is 1.62. The Balaban J connectivity index is 1.78. The number of nitrogens with one attached hydrogen (secondary N) is 1. The quantitative estimate of drug-likeness (QED) is 0.750. The molecule has 0 aromatic heterocycles. The predicted octanol–water partition coefficient (Wildman–Crippen LogP) is 4.73. The zero-order valence-corrected chi connectivity index (χ0v) is 15.6. The van der Waals surface area contributed by atoms with Crippen molar-refractivity contribution < 1.29 is 14.3 Å². The topological polar surface area (TPSA) is 47.6 Å². The van der Waals surface area contributed by atoms with Crippen LogP contribution in [0.4, 0.5) is 5.69 Å². The average molecular weight is 441 g/mol. The molecule has 1 amide bonds. The monoisotopic (exact) mass is 439 g/mol. The molecular weight excluding hydrogens is 426 g/mol. The van der Waals surface area contributed by atoms with Crippen LogP contribution >= 0.6 is 31.9 Å². The Morgan fingerprint density at radius 1 is 1.09 bits per heavy atom. The minimum Gasteiger partial charge on any atom is -0.486 e. The number of ether oxygens (including phenoxy) is 2. The molecule has 6 heteroatoms. The van der Waals surface area contributed by atoms with E-state index in [2.05, 4.69) is 37.2 Å². The van der Waals surface area contributed by atoms with E-state index in [4.69, 9.17) is 9.47 Å². The molecule has 1 atom stereocenters. The first-order chi connectivity index (χ1) is 11.0. The second-order valence-corrected chi connectivity index (χ2v) is 7.01. The Kier molecular flexibility index (Phi) is 4.92. The van der Waals surface area contributed by atoms with Crippen molar-refractivity contribution in [1.29, 1.82) is 0 Å². The number of amides is 1. The van der Waals surface area contributed by atoms with Crippen molar-refractivity contribution in [2.24, 2.45) is 0 Å². The number of fused-ring (bicyclic) bond motifs is 1. The largest absolute Gasteiger partial charge is 0.486 e. The minimum absolute atomic E-state index is 0.0829. The summed E-state index contributed by atoms with van der Waals surface area (Å²) in [4.78, 5) is 12.5. The fourth-order valence-electron chi connectivity index (χ4n) is 2.31. The summed E-state index contributed by atoms with van der Waals surface area (Å²) in [7, 11) is 0. The van der Waals surface area contributed by atoms with Gasteiger partial charge in [-0.15, -0.1) is 0 Å². The molecular formula is C17H15Br2NO3. The van der Waals surface area contributed by atoms with E-state index in [9.17, 15) is 4.79 Å². The highest BCUT2D eigenvalue weighted by atomic mass is 79.9. The lowest BCUT2D eigenvalue weighted by molar-refractivity contribution is -0.117. The molecule has 120 valence electrons. The molecule has 0 fully saturated rings. The molecule has 1 aliphatic rings. The summed E-state index contributed by atoms with van der Waals surface area (Å²) < 4.78 is 12.8. The summed E-state index contributed by atoms with van der Waals surface area (Å²) in [5, 5.41) is 2.94. The molecule has 1 heterocycles. The van der Waals surface area contributed by atoms with E-state index in [1.807, 2.05) is 43.3 Å². The summed E-state index contributed by atoms with van der Waals surface area (Å²) in [6, 6.07) is 11.3. The van der Waals surface area contributed by atoms with Crippen molar-refractivity contribution >= 4 is 43.5 Å². The van der Waals surface area contributed by atoms with Crippen LogP contribution in [0.1, 0.15) is 18.4 Å². The number of hydrogen-bond donors (Lipinski definition) is 1. The van der Waals surface area contributed by atoms with Crippen molar-refractivity contribution in [1.82, 2.24) is 0 Å². The van der Waals surface area contributed by atoms with Crippen LogP contribution in [0.2, 0.25) is 0 Å². The number of carbonyl (C=O) groups excluding carboxylic acids is 1. The molecule has 4 nitrogen and oxygen atoms in total. The highest BCUT2D eigenvalue weighted by molar-refractivity contribution is 9.11. The van der Waals surface area contributed by atoms with Gasteiger partial charge in [0.05, 0.1) is 11.6 Å². The molecule has 1 aliphatic heterocycles. The standard InChI is InChI=1S/C17H15Br2NO3/c1-10(11-2-5-15-16(8-11)23-7-6-22-15)17(21)20-14-9-12(18)3-4-13(14)19/h2-5,8-10H,6-7H2,1H3,(H,20,21). The van der Waals surface area contributed by atoms with Gasteiger partial charge in [-0.05, 0) is 58.7 Å². The molecule has 1 unspecified atom stereocenters. The van der Waals surface area contributed by atoms with Crippen LogP contribution in [0.25, 0.3) is 0 Å². The van der Waals surface area contributed by atoms with Gasteiger partial charge in [-0.2, -0.15) is 0 Å². The molecule has 0 spiro atoms. The molecule has 0 radical (unpaired) electrons. The number of carbonyl (C=O) groups is 1. The number of anilines is 1. The van der Waals surface area contributed by atoms with Gasteiger partial charge in [0.15, 0.2) is 11.5 Å². The maximum atomic E-state index is 12.5. The van der Waals surface area contributed by atoms with Crippen molar-refractivity contribution in [3.63, 3.8) is 0 Å². The van der Waals surface area contributed by atoms with Crippen molar-refractivity contribution in [3.05, 3.63) is 50.9 Å². The van der Waals surface area contributed by atoms with Crippen LogP contribution in [0.15, 0.2) is 45.3 Å². The third-order valence-electron chi connectivity index (χ3n) is 3.65. The first kappa shape index (κ1) is 16.3. The summed E-state index contributed by atoms with van der Waals surface area (Å²) in [5.74, 6) is 1.02. The van der Waals surface area contributed by atoms with E-state index >= 15 is 0 Å². The Bertz CT molecular complexity index is 749. The van der Waals surface area contributed by atoms with Crippen LogP contribution < -0.4 is 14.8 Å². The Labute approximate surface area is 151 Å². The van der Waals surface area contributed by atoms with Crippen LogP contribution in [0.3, 0.4) is 0 Å². The normalized spacial score (nSPS) is 14.2. The van der Waals surface area contributed by atoms with Crippen molar-refractivity contribution in [3.8, 4) is 11.5 Å². The number of benzene rings is 2. The lowest BCUT2D eigenvalue weighted by atomic mass is 9.99. The summed E-state index contributed by atoms with van der Waals surface area (Å²) in [6.07, 6.45) is 0. The van der Waals surface area contributed by atoms with Gasteiger partial charge in [-0.3, -0.25) is 4.79 Å². The van der Waals surface area contributed by atoms with E-state index in [0.717, 1.165) is 25.9 Å². The summed E-state index contributed by atoms with van der Waals surface area (Å²) in [6.45, 7) is 2.95. The van der Waals surface area contributed by atoms with E-state index in [1.54, 1.807) is 0 Å². The highest BCUT2D eigenvalue weighted by Crippen LogP contribution is 2.34. The Morgan fingerprint density at radius 3 is 2.61 bits per heavy atom. The maximum absolute atomic E-state index is 12.5. The number of hydrogen-bond acceptors (Lipinski definition) is 3. The van der Waals surface area contributed by atoms with E-state index in [-0.39, 0.29) is 11.8 Å². The minimum atomic E-state index is -0.309. The molecule has 0 aliphatic carbocycles. The summed E-state index contributed by atoms with van der Waals surface area (Å²) >= 11 is 6.85. The van der Waals surface area contributed by atoms with Gasteiger partial charge in [0.1, 0.15) is 13.2 Å². The lowest BCUT2D eigenvalue weighted by Gasteiger charge is -2.20. The van der Waals surface area contributed by atoms with Gasteiger partial charge in [-0.1, -0.05) is 22.0 Å². The predicted molar refractivity (Wildman–Crippen MR) is 96.3 cm³/mol. The van der Waals surface area contributed by atoms with E-state index < -0.39 is 0 Å². The van der Waals surface area contributed by atoms with Gasteiger partial charge >= 0.3 is 0 Å². The van der Waals surface area contributed by atoms with Gasteiger partial charge in [-0.25, -0.2) is 0 Å². The molecule has 1 N–H and O–H groups in total. The van der Waals surface area contributed by atoms with Crippen molar-refractivity contribution in [2.75, 3.05) is 18.5 Å². The molecule has 3 rings (SSSR count). The van der Waals surface area contributed by atoms with Crippen LogP contribution in [0.5, 0.6) is 11.5 Å². The third kappa shape index (κ3) is 3.70. The SMILES string of the molecule is CC(C(=O)Nc1cc(Br)ccc1Br)c1ccc2c(c1)OCCO2.